The second-order valence-corrected chi connectivity index (χ2v) is 9.41. The Morgan fingerprint density at radius 3 is 2.19 bits per heavy atom. The summed E-state index contributed by atoms with van der Waals surface area (Å²) < 4.78 is 38.2. The minimum Gasteiger partial charge on any atom is -0.493 e. The fourth-order valence-electron chi connectivity index (χ4n) is 3.51. The van der Waals surface area contributed by atoms with E-state index in [9.17, 15) is 13.2 Å². The second-order valence-electron chi connectivity index (χ2n) is 6.85. The van der Waals surface area contributed by atoms with E-state index in [1.54, 1.807) is 36.4 Å². The van der Waals surface area contributed by atoms with E-state index in [0.29, 0.717) is 21.4 Å². The van der Waals surface area contributed by atoms with Crippen molar-refractivity contribution < 1.29 is 22.7 Å². The quantitative estimate of drug-likeness (QED) is 0.479. The molecule has 32 heavy (non-hydrogen) atoms. The number of nitrogens with zero attached hydrogens (tertiary/aromatic N) is 2. The molecular weight excluding hydrogens is 475 g/mol. The molecule has 4 rings (SSSR count). The molecule has 1 aliphatic heterocycles. The average molecular weight is 493 g/mol. The molecule has 0 spiro atoms. The molecule has 0 radical (unpaired) electrons. The van der Waals surface area contributed by atoms with Gasteiger partial charge in [-0.25, -0.2) is 13.2 Å². The van der Waals surface area contributed by atoms with E-state index in [0.717, 1.165) is 4.31 Å². The summed E-state index contributed by atoms with van der Waals surface area (Å²) >= 11 is 12.6. The third kappa shape index (κ3) is 3.64. The van der Waals surface area contributed by atoms with Crippen LogP contribution in [0.15, 0.2) is 65.6 Å². The molecule has 3 aromatic carbocycles. The summed E-state index contributed by atoms with van der Waals surface area (Å²) in [6, 6.07) is 15.0. The Kier molecular flexibility index (Phi) is 5.94. The first-order valence-electron chi connectivity index (χ1n) is 9.40. The number of sulfonamides is 1. The summed E-state index contributed by atoms with van der Waals surface area (Å²) in [6.07, 6.45) is 0. The van der Waals surface area contributed by atoms with Crippen molar-refractivity contribution in [1.82, 2.24) is 0 Å². The summed E-state index contributed by atoms with van der Waals surface area (Å²) in [5.41, 5.74) is 0.855. The highest BCUT2D eigenvalue weighted by molar-refractivity contribution is 7.94. The van der Waals surface area contributed by atoms with Crippen LogP contribution in [0.2, 0.25) is 10.0 Å². The highest BCUT2D eigenvalue weighted by atomic mass is 35.5. The molecular formula is C22H18Cl2N2O5S. The number of benzene rings is 3. The van der Waals surface area contributed by atoms with E-state index >= 15 is 0 Å². The minimum absolute atomic E-state index is 0.0161. The van der Waals surface area contributed by atoms with Gasteiger partial charge in [-0.3, -0.25) is 4.90 Å². The topological polar surface area (TPSA) is 76.2 Å². The van der Waals surface area contributed by atoms with Crippen LogP contribution in [0.5, 0.6) is 11.5 Å². The first kappa shape index (κ1) is 22.3. The summed E-state index contributed by atoms with van der Waals surface area (Å²) in [5, 5.41) is 0.739. The SMILES string of the molecule is COc1ccc(N2C(=O)N(Cc3c(Cl)cccc3Cl)c3ccccc3S2(=O)=O)cc1OC. The maximum atomic E-state index is 13.6. The number of ether oxygens (including phenoxy) is 2. The smallest absolute Gasteiger partial charge is 0.343 e. The van der Waals surface area contributed by atoms with Gasteiger partial charge in [0.2, 0.25) is 0 Å². The largest absolute Gasteiger partial charge is 0.493 e. The molecule has 7 nitrogen and oxygen atoms in total. The molecule has 1 aliphatic rings. The highest BCUT2D eigenvalue weighted by Gasteiger charge is 2.43. The molecule has 0 N–H and O–H groups in total. The number of anilines is 2. The summed E-state index contributed by atoms with van der Waals surface area (Å²) in [6.45, 7) is -0.0202. The van der Waals surface area contributed by atoms with Crippen LogP contribution in [0.3, 0.4) is 0 Å². The van der Waals surface area contributed by atoms with Crippen molar-refractivity contribution >= 4 is 50.6 Å². The molecule has 0 saturated carbocycles. The van der Waals surface area contributed by atoms with E-state index in [4.69, 9.17) is 32.7 Å². The van der Waals surface area contributed by atoms with Gasteiger partial charge in [-0.2, -0.15) is 4.31 Å². The monoisotopic (exact) mass is 492 g/mol. The van der Waals surface area contributed by atoms with Crippen molar-refractivity contribution in [1.29, 1.82) is 0 Å². The van der Waals surface area contributed by atoms with E-state index in [2.05, 4.69) is 0 Å². The molecule has 0 fully saturated rings. The Balaban J connectivity index is 1.89. The molecule has 0 unspecified atom stereocenters. The van der Waals surface area contributed by atoms with Gasteiger partial charge >= 0.3 is 6.03 Å². The Labute approximate surface area is 195 Å². The number of rotatable bonds is 5. The Morgan fingerprint density at radius 2 is 1.53 bits per heavy atom. The van der Waals surface area contributed by atoms with E-state index < -0.39 is 16.1 Å². The van der Waals surface area contributed by atoms with Gasteiger partial charge in [0, 0.05) is 21.7 Å². The van der Waals surface area contributed by atoms with Crippen molar-refractivity contribution in [2.45, 2.75) is 11.4 Å². The molecule has 0 aliphatic carbocycles. The minimum atomic E-state index is -4.20. The van der Waals surface area contributed by atoms with Gasteiger partial charge in [0.1, 0.15) is 4.90 Å². The van der Waals surface area contributed by atoms with Crippen LogP contribution in [0, 0.1) is 0 Å². The molecule has 2 amide bonds. The summed E-state index contributed by atoms with van der Waals surface area (Å²) in [7, 11) is -1.31. The number of hydrogen-bond acceptors (Lipinski definition) is 5. The number of fused-ring (bicyclic) bond motifs is 1. The van der Waals surface area contributed by atoms with Crippen molar-refractivity contribution in [2.75, 3.05) is 23.4 Å². The maximum Gasteiger partial charge on any atom is 0.343 e. The standard InChI is InChI=1S/C22H18Cl2N2O5S/c1-30-19-11-10-14(12-20(19)31-2)26-22(27)25(13-15-16(23)6-5-7-17(15)24)18-8-3-4-9-21(18)32(26,28)29/h3-12H,13H2,1-2H3. The Morgan fingerprint density at radius 1 is 0.875 bits per heavy atom. The third-order valence-corrected chi connectivity index (χ3v) is 7.52. The lowest BCUT2D eigenvalue weighted by atomic mass is 10.2. The number of amides is 2. The molecule has 3 aromatic rings. The van der Waals surface area contributed by atoms with Gasteiger partial charge < -0.3 is 9.47 Å². The van der Waals surface area contributed by atoms with Crippen LogP contribution in [-0.2, 0) is 16.6 Å². The molecule has 0 bridgehead atoms. The lowest BCUT2D eigenvalue weighted by molar-refractivity contribution is 0.253. The van der Waals surface area contributed by atoms with Crippen molar-refractivity contribution in [3.05, 3.63) is 76.3 Å². The van der Waals surface area contributed by atoms with Crippen molar-refractivity contribution in [2.24, 2.45) is 0 Å². The van der Waals surface area contributed by atoms with Crippen molar-refractivity contribution in [3.8, 4) is 11.5 Å². The van der Waals surface area contributed by atoms with Gasteiger partial charge in [-0.1, -0.05) is 41.4 Å². The summed E-state index contributed by atoms with van der Waals surface area (Å²) in [5.74, 6) is 0.686. The Bertz CT molecular complexity index is 1290. The molecule has 0 aromatic heterocycles. The fraction of sp³-hybridized carbons (Fsp3) is 0.136. The number of hydrogen-bond donors (Lipinski definition) is 0. The van der Waals surface area contributed by atoms with Gasteiger partial charge in [0.05, 0.1) is 32.1 Å². The van der Waals surface area contributed by atoms with Gasteiger partial charge in [-0.15, -0.1) is 0 Å². The number of carbonyl (C=O) groups excluding carboxylic acids is 1. The van der Waals surface area contributed by atoms with Crippen LogP contribution in [0.1, 0.15) is 5.56 Å². The zero-order valence-electron chi connectivity index (χ0n) is 17.1. The number of carbonyl (C=O) groups is 1. The summed E-state index contributed by atoms with van der Waals surface area (Å²) in [4.78, 5) is 14.9. The normalized spacial score (nSPS) is 14.8. The van der Waals surface area contributed by atoms with E-state index in [1.165, 1.54) is 43.4 Å². The van der Waals surface area contributed by atoms with Crippen LogP contribution < -0.4 is 18.7 Å². The van der Waals surface area contributed by atoms with E-state index in [1.807, 2.05) is 0 Å². The highest BCUT2D eigenvalue weighted by Crippen LogP contribution is 2.41. The molecule has 0 saturated heterocycles. The zero-order valence-corrected chi connectivity index (χ0v) is 19.4. The fourth-order valence-corrected chi connectivity index (χ4v) is 5.61. The van der Waals surface area contributed by atoms with Crippen molar-refractivity contribution in [3.63, 3.8) is 0 Å². The van der Waals surface area contributed by atoms with E-state index in [-0.39, 0.29) is 28.6 Å². The lowest BCUT2D eigenvalue weighted by Crippen LogP contribution is -2.50. The average Bonchev–Trinajstić information content (AvgIpc) is 2.78. The first-order valence-corrected chi connectivity index (χ1v) is 11.6. The maximum absolute atomic E-state index is 13.6. The number of methoxy groups -OCH3 is 2. The predicted molar refractivity (Wildman–Crippen MR) is 124 cm³/mol. The molecule has 10 heteroatoms. The molecule has 0 atom stereocenters. The van der Waals surface area contributed by atoms with Crippen LogP contribution >= 0.6 is 23.2 Å². The van der Waals surface area contributed by atoms with Crippen LogP contribution in [0.4, 0.5) is 16.2 Å². The number of halogens is 2. The molecule has 166 valence electrons. The molecule has 1 heterocycles. The van der Waals surface area contributed by atoms with Gasteiger partial charge in [-0.05, 0) is 36.4 Å². The first-order chi connectivity index (χ1) is 15.3. The Hall–Kier alpha value is -2.94. The second kappa shape index (κ2) is 8.54. The predicted octanol–water partition coefficient (Wildman–Crippen LogP) is 5.35. The third-order valence-electron chi connectivity index (χ3n) is 5.06. The number of para-hydroxylation sites is 1. The van der Waals surface area contributed by atoms with Gasteiger partial charge in [0.25, 0.3) is 10.0 Å². The lowest BCUT2D eigenvalue weighted by Gasteiger charge is -2.36. The van der Waals surface area contributed by atoms with Gasteiger partial charge in [0.15, 0.2) is 11.5 Å². The van der Waals surface area contributed by atoms with Crippen LogP contribution in [-0.4, -0.2) is 28.7 Å². The van der Waals surface area contributed by atoms with Crippen LogP contribution in [0.25, 0.3) is 0 Å². The number of urea groups is 1. The zero-order chi connectivity index (χ0) is 23.0.